The summed E-state index contributed by atoms with van der Waals surface area (Å²) in [5.74, 6) is 0. The number of benzene rings is 11. The van der Waals surface area contributed by atoms with E-state index >= 15 is 0 Å². The van der Waals surface area contributed by atoms with Crippen molar-refractivity contribution in [1.29, 1.82) is 0 Å². The van der Waals surface area contributed by atoms with Gasteiger partial charge < -0.3 is 13.6 Å². The first kappa shape index (κ1) is 37.5. The Kier molecular flexibility index (Phi) is 7.94. The van der Waals surface area contributed by atoms with E-state index in [0.717, 1.165) is 33.1 Å². The lowest BCUT2D eigenvalue weighted by atomic mass is 9.98. The molecule has 15 aromatic rings. The molecule has 0 amide bonds. The van der Waals surface area contributed by atoms with Gasteiger partial charge >= 0.3 is 0 Å². The average Bonchev–Trinajstić information content (AvgIpc) is 4.16. The summed E-state index contributed by atoms with van der Waals surface area (Å²) in [5, 5.41) is 12.3. The summed E-state index contributed by atoms with van der Waals surface area (Å²) < 4.78 is 13.9. The van der Waals surface area contributed by atoms with Gasteiger partial charge in [-0.2, -0.15) is 0 Å². The summed E-state index contributed by atoms with van der Waals surface area (Å²) in [7, 11) is 0. The van der Waals surface area contributed by atoms with Crippen LogP contribution in [-0.2, 0) is 0 Å². The van der Waals surface area contributed by atoms with Crippen molar-refractivity contribution in [2.45, 2.75) is 0 Å². The Morgan fingerprint density at radius 1 is 0.324 bits per heavy atom. The van der Waals surface area contributed by atoms with Gasteiger partial charge in [0.2, 0.25) is 0 Å². The number of furan rings is 1. The van der Waals surface area contributed by atoms with Gasteiger partial charge in [-0.05, 0) is 117 Å². The minimum absolute atomic E-state index is 0.893. The van der Waals surface area contributed by atoms with Gasteiger partial charge in [-0.1, -0.05) is 152 Å². The number of hydrogen-bond donors (Lipinski definition) is 0. The predicted octanol–water partition coefficient (Wildman–Crippen LogP) is 18.3. The van der Waals surface area contributed by atoms with Crippen molar-refractivity contribution in [1.82, 2.24) is 9.13 Å². The van der Waals surface area contributed by atoms with Gasteiger partial charge in [-0.25, -0.2) is 0 Å². The Labute approximate surface area is 394 Å². The maximum absolute atomic E-state index is 6.31. The zero-order valence-electron chi connectivity index (χ0n) is 36.7. The molecule has 0 aliphatic rings. The molecule has 68 heavy (non-hydrogen) atoms. The second-order valence-corrected chi connectivity index (χ2v) is 19.0. The zero-order valence-corrected chi connectivity index (χ0v) is 37.5. The van der Waals surface area contributed by atoms with Gasteiger partial charge in [-0.3, -0.25) is 0 Å². The number of hydrogen-bond acceptors (Lipinski definition) is 2. The summed E-state index contributed by atoms with van der Waals surface area (Å²) in [6.45, 7) is 0. The standard InChI is InChI=1S/C64H38N2OS/c1-2-13-39(14-3-1)45-16-6-9-22-55(45)66-58-31-27-42(36-54(58)63-46-17-5-4-15-40(46)25-33-59(63)66)41-26-30-56-51(35-41)52-37-43(47-20-12-21-50-49-19-8-11-24-62(49)68-64(47)50)28-32-57(52)65(56)44-29-34-61-53(38-44)48-18-7-10-23-60(48)67-61/h1-38H. The van der Waals surface area contributed by atoms with Gasteiger partial charge in [0, 0.05) is 63.7 Å². The first-order valence-electron chi connectivity index (χ1n) is 23.2. The average molecular weight is 883 g/mol. The Balaban J connectivity index is 0.974. The molecule has 15 rings (SSSR count). The molecule has 0 unspecified atom stereocenters. The molecule has 4 heteroatoms. The highest BCUT2D eigenvalue weighted by Crippen LogP contribution is 2.45. The third-order valence-electron chi connectivity index (χ3n) is 14.3. The molecule has 3 nitrogen and oxygen atoms in total. The molecule has 0 spiro atoms. The van der Waals surface area contributed by atoms with Crippen LogP contribution in [0.3, 0.4) is 0 Å². The van der Waals surface area contributed by atoms with Crippen LogP contribution in [0.2, 0.25) is 0 Å². The van der Waals surface area contributed by atoms with Gasteiger partial charge in [-0.15, -0.1) is 11.3 Å². The van der Waals surface area contributed by atoms with E-state index < -0.39 is 0 Å². The third kappa shape index (κ3) is 5.47. The van der Waals surface area contributed by atoms with Crippen molar-refractivity contribution >= 4 is 108 Å². The smallest absolute Gasteiger partial charge is 0.135 e. The predicted molar refractivity (Wildman–Crippen MR) is 289 cm³/mol. The van der Waals surface area contributed by atoms with Crippen LogP contribution >= 0.6 is 11.3 Å². The maximum atomic E-state index is 6.31. The SMILES string of the molecule is c1ccc(-c2ccccc2-n2c3ccc(-c4ccc5c(c4)c4cc(-c6cccc7c6sc6ccccc67)ccc4n5-c4ccc5oc6ccccc6c5c4)cc3c3c4ccccc4ccc32)cc1. The fourth-order valence-corrected chi connectivity index (χ4v) is 12.5. The van der Waals surface area contributed by atoms with Crippen LogP contribution in [0.15, 0.2) is 235 Å². The van der Waals surface area contributed by atoms with Crippen molar-refractivity contribution in [3.05, 3.63) is 231 Å². The minimum atomic E-state index is 0.893. The molecule has 11 aromatic carbocycles. The van der Waals surface area contributed by atoms with Crippen LogP contribution in [0.1, 0.15) is 0 Å². The Hall–Kier alpha value is -8.70. The molecule has 4 aromatic heterocycles. The number of para-hydroxylation sites is 2. The molecule has 0 saturated heterocycles. The van der Waals surface area contributed by atoms with Gasteiger partial charge in [0.1, 0.15) is 11.2 Å². The molecule has 0 aliphatic heterocycles. The van der Waals surface area contributed by atoms with E-state index in [0.29, 0.717) is 0 Å². The summed E-state index contributed by atoms with van der Waals surface area (Å²) in [5.41, 5.74) is 16.0. The summed E-state index contributed by atoms with van der Waals surface area (Å²) in [6, 6.07) is 84.6. The molecule has 4 heterocycles. The van der Waals surface area contributed by atoms with Crippen LogP contribution in [0.25, 0.3) is 141 Å². The quantitative estimate of drug-likeness (QED) is 0.169. The van der Waals surface area contributed by atoms with E-state index in [1.54, 1.807) is 0 Å². The van der Waals surface area contributed by atoms with Gasteiger partial charge in [0.15, 0.2) is 0 Å². The molecule has 0 aliphatic carbocycles. The largest absolute Gasteiger partial charge is 0.456 e. The molecule has 0 atom stereocenters. The number of rotatable bonds is 5. The third-order valence-corrected chi connectivity index (χ3v) is 15.5. The summed E-state index contributed by atoms with van der Waals surface area (Å²) in [4.78, 5) is 0. The van der Waals surface area contributed by atoms with Crippen LogP contribution in [0.5, 0.6) is 0 Å². The van der Waals surface area contributed by atoms with Gasteiger partial charge in [0.05, 0.1) is 27.8 Å². The fourth-order valence-electron chi connectivity index (χ4n) is 11.2. The van der Waals surface area contributed by atoms with Crippen LogP contribution < -0.4 is 0 Å². The summed E-state index contributed by atoms with van der Waals surface area (Å²) >= 11 is 1.88. The maximum Gasteiger partial charge on any atom is 0.135 e. The number of thiophene rings is 1. The fraction of sp³-hybridized carbons (Fsp3) is 0. The zero-order chi connectivity index (χ0) is 44.5. The second-order valence-electron chi connectivity index (χ2n) is 18.0. The second kappa shape index (κ2) is 14.4. The normalized spacial score (nSPS) is 12.1. The Bertz CT molecular complexity index is 4560. The monoisotopic (exact) mass is 882 g/mol. The van der Waals surface area contributed by atoms with E-state index in [1.165, 1.54) is 108 Å². The molecular weight excluding hydrogens is 845 g/mol. The van der Waals surface area contributed by atoms with Crippen molar-refractivity contribution in [2.75, 3.05) is 0 Å². The van der Waals surface area contributed by atoms with Crippen molar-refractivity contribution < 1.29 is 4.42 Å². The Morgan fingerprint density at radius 3 is 1.79 bits per heavy atom. The van der Waals surface area contributed by atoms with Crippen LogP contribution in [0, 0.1) is 0 Å². The number of nitrogens with zero attached hydrogens (tertiary/aromatic N) is 2. The van der Waals surface area contributed by atoms with E-state index in [-0.39, 0.29) is 0 Å². The Morgan fingerprint density at radius 2 is 0.941 bits per heavy atom. The van der Waals surface area contributed by atoms with E-state index in [1.807, 2.05) is 17.4 Å². The summed E-state index contributed by atoms with van der Waals surface area (Å²) in [6.07, 6.45) is 0. The lowest BCUT2D eigenvalue weighted by Crippen LogP contribution is -1.97. The number of aromatic nitrogens is 2. The first-order valence-corrected chi connectivity index (χ1v) is 24.1. The van der Waals surface area contributed by atoms with Gasteiger partial charge in [0.25, 0.3) is 0 Å². The highest BCUT2D eigenvalue weighted by molar-refractivity contribution is 7.26. The minimum Gasteiger partial charge on any atom is -0.456 e. The molecule has 0 fully saturated rings. The molecule has 0 saturated carbocycles. The van der Waals surface area contributed by atoms with E-state index in [9.17, 15) is 0 Å². The van der Waals surface area contributed by atoms with Crippen LogP contribution in [-0.4, -0.2) is 9.13 Å². The van der Waals surface area contributed by atoms with Crippen molar-refractivity contribution in [3.63, 3.8) is 0 Å². The molecule has 0 bridgehead atoms. The highest BCUT2D eigenvalue weighted by atomic mass is 32.1. The van der Waals surface area contributed by atoms with E-state index in [2.05, 4.69) is 234 Å². The van der Waals surface area contributed by atoms with E-state index in [4.69, 9.17) is 4.42 Å². The topological polar surface area (TPSA) is 23.0 Å². The van der Waals surface area contributed by atoms with Crippen LogP contribution in [0.4, 0.5) is 0 Å². The van der Waals surface area contributed by atoms with Crippen molar-refractivity contribution in [3.8, 4) is 44.8 Å². The molecular formula is C64H38N2OS. The molecule has 0 radical (unpaired) electrons. The molecule has 316 valence electrons. The lowest BCUT2D eigenvalue weighted by molar-refractivity contribution is 0.669. The lowest BCUT2D eigenvalue weighted by Gasteiger charge is -2.14. The number of fused-ring (bicyclic) bond motifs is 14. The van der Waals surface area contributed by atoms with Crippen molar-refractivity contribution in [2.24, 2.45) is 0 Å². The first-order chi connectivity index (χ1) is 33.7. The highest BCUT2D eigenvalue weighted by Gasteiger charge is 2.21. The molecule has 0 N–H and O–H groups in total.